The average Bonchev–Trinajstić information content (AvgIpc) is 2.96. The van der Waals surface area contributed by atoms with E-state index in [9.17, 15) is 18.0 Å². The maximum Gasteiger partial charge on any atom is 0.412 e. The van der Waals surface area contributed by atoms with Crippen molar-refractivity contribution in [2.75, 3.05) is 26.3 Å². The van der Waals surface area contributed by atoms with Gasteiger partial charge in [-0.05, 0) is 18.9 Å². The monoisotopic (exact) mass is 332 g/mol. The highest BCUT2D eigenvalue weighted by Crippen LogP contribution is 2.33. The first-order chi connectivity index (χ1) is 10.9. The van der Waals surface area contributed by atoms with E-state index in [-0.39, 0.29) is 18.9 Å². The smallest absolute Gasteiger partial charge is 0.347 e. The summed E-state index contributed by atoms with van der Waals surface area (Å²) >= 11 is 0. The van der Waals surface area contributed by atoms with E-state index in [0.29, 0.717) is 44.8 Å². The molecular weight excluding hydrogens is 313 g/mol. The molecule has 2 aliphatic heterocycles. The van der Waals surface area contributed by atoms with Crippen LogP contribution in [0.2, 0.25) is 0 Å². The molecule has 3 rings (SSSR count). The fourth-order valence-corrected chi connectivity index (χ4v) is 3.03. The van der Waals surface area contributed by atoms with E-state index in [0.717, 1.165) is 6.08 Å². The molecule has 0 bridgehead atoms. The van der Waals surface area contributed by atoms with Crippen molar-refractivity contribution in [1.82, 2.24) is 10.2 Å². The quantitative estimate of drug-likeness (QED) is 0.803. The van der Waals surface area contributed by atoms with Gasteiger partial charge >= 0.3 is 12.2 Å². The summed E-state index contributed by atoms with van der Waals surface area (Å²) in [6.07, 6.45) is -0.644. The van der Waals surface area contributed by atoms with Crippen LogP contribution in [0, 0.1) is 0 Å². The molecule has 2 saturated heterocycles. The Morgan fingerprint density at radius 1 is 1.13 bits per heavy atom. The zero-order valence-electron chi connectivity index (χ0n) is 12.6. The van der Waals surface area contributed by atoms with Gasteiger partial charge in [-0.1, -0.05) is 6.08 Å². The Kier molecular flexibility index (Phi) is 4.37. The number of rotatable bonds is 1. The molecule has 1 spiro atoms. The van der Waals surface area contributed by atoms with Gasteiger partial charge < -0.3 is 19.7 Å². The Hall–Kier alpha value is -1.54. The van der Waals surface area contributed by atoms with E-state index in [4.69, 9.17) is 9.47 Å². The molecule has 0 radical (unpaired) electrons. The van der Waals surface area contributed by atoms with Crippen molar-refractivity contribution >= 4 is 6.03 Å². The van der Waals surface area contributed by atoms with Crippen molar-refractivity contribution in [2.24, 2.45) is 0 Å². The Morgan fingerprint density at radius 3 is 2.30 bits per heavy atom. The summed E-state index contributed by atoms with van der Waals surface area (Å²) in [6, 6.07) is -0.284. The minimum Gasteiger partial charge on any atom is -0.347 e. The van der Waals surface area contributed by atoms with E-state index in [2.05, 4.69) is 5.32 Å². The highest BCUT2D eigenvalue weighted by atomic mass is 19.4. The molecule has 0 atom stereocenters. The number of nitrogens with zero attached hydrogens (tertiary/aromatic N) is 1. The lowest BCUT2D eigenvalue weighted by atomic mass is 10.0. The van der Waals surface area contributed by atoms with Gasteiger partial charge in [0.1, 0.15) is 0 Å². The molecule has 0 saturated carbocycles. The molecule has 0 aromatic carbocycles. The van der Waals surface area contributed by atoms with E-state index < -0.39 is 17.5 Å². The number of amides is 2. The van der Waals surface area contributed by atoms with Gasteiger partial charge in [-0.3, -0.25) is 0 Å². The summed E-state index contributed by atoms with van der Waals surface area (Å²) in [5.74, 6) is -0.550. The maximum absolute atomic E-state index is 12.5. The number of carbonyl (C=O) groups is 1. The first kappa shape index (κ1) is 16.3. The van der Waals surface area contributed by atoms with E-state index in [1.807, 2.05) is 0 Å². The standard InChI is InChI=1S/C15H19F3N2O3/c16-15(17,18)11-1-3-12(4-2-11)19-13(21)20-7-5-14(6-8-20)22-9-10-23-14/h1,3H,2,4-10H2,(H,19,21). The molecule has 23 heavy (non-hydrogen) atoms. The van der Waals surface area contributed by atoms with Crippen molar-refractivity contribution < 1.29 is 27.4 Å². The molecule has 8 heteroatoms. The molecule has 2 fully saturated rings. The van der Waals surface area contributed by atoms with Crippen LogP contribution in [-0.2, 0) is 9.47 Å². The second-order valence-corrected chi connectivity index (χ2v) is 5.91. The number of hydrogen-bond acceptors (Lipinski definition) is 3. The highest BCUT2D eigenvalue weighted by Gasteiger charge is 2.41. The number of allylic oxidation sites excluding steroid dienone is 4. The highest BCUT2D eigenvalue weighted by molar-refractivity contribution is 5.76. The predicted octanol–water partition coefficient (Wildman–Crippen LogP) is 2.70. The minimum atomic E-state index is -4.30. The van der Waals surface area contributed by atoms with Crippen LogP contribution in [0.25, 0.3) is 0 Å². The Labute approximate surface area is 132 Å². The molecule has 0 aromatic rings. The van der Waals surface area contributed by atoms with Gasteiger partial charge in [0.25, 0.3) is 0 Å². The third-order valence-corrected chi connectivity index (χ3v) is 4.41. The van der Waals surface area contributed by atoms with Crippen LogP contribution in [0.3, 0.4) is 0 Å². The molecular formula is C15H19F3N2O3. The number of carbonyl (C=O) groups excluding carboxylic acids is 1. The summed E-state index contributed by atoms with van der Waals surface area (Å²) in [5.41, 5.74) is -0.0532. The molecule has 0 unspecified atom stereocenters. The van der Waals surface area contributed by atoms with Gasteiger partial charge in [-0.2, -0.15) is 13.2 Å². The fourth-order valence-electron chi connectivity index (χ4n) is 3.03. The fraction of sp³-hybridized carbons (Fsp3) is 0.667. The van der Waals surface area contributed by atoms with Crippen molar-refractivity contribution in [3.05, 3.63) is 23.4 Å². The number of nitrogens with one attached hydrogen (secondary N) is 1. The van der Waals surface area contributed by atoms with E-state index in [1.165, 1.54) is 6.08 Å². The number of likely N-dealkylation sites (tertiary alicyclic amines) is 1. The van der Waals surface area contributed by atoms with Crippen molar-refractivity contribution in [1.29, 1.82) is 0 Å². The van der Waals surface area contributed by atoms with E-state index in [1.54, 1.807) is 4.90 Å². The first-order valence-corrected chi connectivity index (χ1v) is 7.69. The predicted molar refractivity (Wildman–Crippen MR) is 75.4 cm³/mol. The van der Waals surface area contributed by atoms with Gasteiger partial charge in [0.2, 0.25) is 0 Å². The number of alkyl halides is 3. The van der Waals surface area contributed by atoms with Crippen LogP contribution in [0.1, 0.15) is 25.7 Å². The van der Waals surface area contributed by atoms with Crippen molar-refractivity contribution in [3.8, 4) is 0 Å². The summed E-state index contributed by atoms with van der Waals surface area (Å²) in [7, 11) is 0. The number of piperidine rings is 1. The van der Waals surface area contributed by atoms with Gasteiger partial charge in [-0.25, -0.2) is 4.79 Å². The average molecular weight is 332 g/mol. The SMILES string of the molecule is O=C(NC1=CC=C(C(F)(F)F)CC1)N1CCC2(CC1)OCCO2. The molecule has 1 aliphatic carbocycles. The van der Waals surface area contributed by atoms with Crippen molar-refractivity contribution in [2.45, 2.75) is 37.6 Å². The van der Waals surface area contributed by atoms with Crippen LogP contribution in [-0.4, -0.2) is 49.2 Å². The number of halogens is 3. The Bertz CT molecular complexity index is 527. The summed E-state index contributed by atoms with van der Waals surface area (Å²) in [4.78, 5) is 13.8. The molecule has 3 aliphatic rings. The topological polar surface area (TPSA) is 50.8 Å². The second-order valence-electron chi connectivity index (χ2n) is 5.91. The van der Waals surface area contributed by atoms with Gasteiger partial charge in [0, 0.05) is 37.2 Å². The molecule has 128 valence electrons. The second kappa shape index (κ2) is 6.16. The summed E-state index contributed by atoms with van der Waals surface area (Å²) < 4.78 is 48.8. The number of ether oxygens (including phenoxy) is 2. The van der Waals surface area contributed by atoms with Crippen LogP contribution in [0.15, 0.2) is 23.4 Å². The van der Waals surface area contributed by atoms with Crippen LogP contribution < -0.4 is 5.32 Å². The minimum absolute atomic E-state index is 0.111. The lowest BCUT2D eigenvalue weighted by Gasteiger charge is -2.37. The zero-order valence-corrected chi connectivity index (χ0v) is 12.6. The molecule has 2 amide bonds. The molecule has 5 nitrogen and oxygen atoms in total. The normalized spacial score (nSPS) is 24.4. The third kappa shape index (κ3) is 3.69. The van der Waals surface area contributed by atoms with E-state index >= 15 is 0 Å². The van der Waals surface area contributed by atoms with Crippen LogP contribution in [0.4, 0.5) is 18.0 Å². The first-order valence-electron chi connectivity index (χ1n) is 7.69. The van der Waals surface area contributed by atoms with Crippen LogP contribution >= 0.6 is 0 Å². The Balaban J connectivity index is 1.52. The lowest BCUT2D eigenvalue weighted by molar-refractivity contribution is -0.181. The Morgan fingerprint density at radius 2 is 1.78 bits per heavy atom. The van der Waals surface area contributed by atoms with Gasteiger partial charge in [-0.15, -0.1) is 0 Å². The van der Waals surface area contributed by atoms with Crippen molar-refractivity contribution in [3.63, 3.8) is 0 Å². The van der Waals surface area contributed by atoms with Gasteiger partial charge in [0.15, 0.2) is 5.79 Å². The van der Waals surface area contributed by atoms with Crippen LogP contribution in [0.5, 0.6) is 0 Å². The lowest BCUT2D eigenvalue weighted by Crippen LogP contribution is -2.50. The third-order valence-electron chi connectivity index (χ3n) is 4.41. The largest absolute Gasteiger partial charge is 0.412 e. The molecule has 2 heterocycles. The number of hydrogen-bond donors (Lipinski definition) is 1. The molecule has 1 N–H and O–H groups in total. The molecule has 0 aromatic heterocycles. The summed E-state index contributed by atoms with van der Waals surface area (Å²) in [5, 5.41) is 2.69. The maximum atomic E-state index is 12.5. The summed E-state index contributed by atoms with van der Waals surface area (Å²) in [6.45, 7) is 2.16. The van der Waals surface area contributed by atoms with Gasteiger partial charge in [0.05, 0.1) is 13.2 Å². The number of urea groups is 1. The zero-order chi connectivity index (χ0) is 16.5.